The van der Waals surface area contributed by atoms with Crippen molar-refractivity contribution in [1.82, 2.24) is 4.57 Å². The molecule has 0 amide bonds. The zero-order valence-corrected chi connectivity index (χ0v) is 33.0. The first-order valence-electron chi connectivity index (χ1n) is 19.7. The molecule has 9 aromatic carbocycles. The fourth-order valence-electron chi connectivity index (χ4n) is 8.92. The van der Waals surface area contributed by atoms with Crippen LogP contribution in [0.15, 0.2) is 206 Å². The van der Waals surface area contributed by atoms with Crippen LogP contribution in [0.25, 0.3) is 90.1 Å². The fraction of sp³-hybridized carbons (Fsp3) is 0. The lowest BCUT2D eigenvalue weighted by Crippen LogP contribution is -2.09. The lowest BCUT2D eigenvalue weighted by molar-refractivity contribution is 1.18. The van der Waals surface area contributed by atoms with Gasteiger partial charge in [0.25, 0.3) is 0 Å². The van der Waals surface area contributed by atoms with Crippen LogP contribution in [0, 0.1) is 0 Å². The number of thiophene rings is 2. The molecule has 0 aliphatic heterocycles. The standard InChI is InChI=1S/C54H34N2S2/c1-6-19-48(56-49-20-7-2-15-42(49)43-16-3-8-21-50(43)56)41(14-1)37-13-11-12-36(32-37)35-24-26-38(27-25-35)55(39-29-31-53-47(33-39)45-18-5-10-23-52(45)57-53)40-28-30-46-44-17-4-9-22-51(44)58-54(46)34-40/h1-34H. The van der Waals surface area contributed by atoms with Gasteiger partial charge in [-0.25, -0.2) is 0 Å². The molecular weight excluding hydrogens is 741 g/mol. The van der Waals surface area contributed by atoms with Crippen molar-refractivity contribution >= 4 is 102 Å². The van der Waals surface area contributed by atoms with Crippen molar-refractivity contribution in [1.29, 1.82) is 0 Å². The van der Waals surface area contributed by atoms with Gasteiger partial charge in [0.05, 0.1) is 16.7 Å². The van der Waals surface area contributed by atoms with Crippen LogP contribution in [0.2, 0.25) is 0 Å². The Balaban J connectivity index is 0.963. The van der Waals surface area contributed by atoms with Gasteiger partial charge in [0.15, 0.2) is 0 Å². The molecule has 3 heterocycles. The SMILES string of the molecule is c1cc(-c2ccc(N(c3ccc4c(c3)sc3ccccc34)c3ccc4sc5ccccc5c4c3)cc2)cc(-c2ccccc2-n2c3ccccc3c3ccccc32)c1. The molecular formula is C54H34N2S2. The third-order valence-corrected chi connectivity index (χ3v) is 13.9. The van der Waals surface area contributed by atoms with Crippen molar-refractivity contribution in [3.63, 3.8) is 0 Å². The number of para-hydroxylation sites is 3. The molecule has 12 aromatic rings. The van der Waals surface area contributed by atoms with Crippen LogP contribution >= 0.6 is 22.7 Å². The van der Waals surface area contributed by atoms with E-state index in [0.29, 0.717) is 0 Å². The van der Waals surface area contributed by atoms with E-state index in [1.165, 1.54) is 90.1 Å². The minimum Gasteiger partial charge on any atom is -0.310 e. The van der Waals surface area contributed by atoms with Crippen LogP contribution in [-0.4, -0.2) is 4.57 Å². The monoisotopic (exact) mass is 774 g/mol. The van der Waals surface area contributed by atoms with Gasteiger partial charge in [-0.3, -0.25) is 0 Å². The van der Waals surface area contributed by atoms with Crippen molar-refractivity contribution in [2.24, 2.45) is 0 Å². The Morgan fingerprint density at radius 3 is 1.60 bits per heavy atom. The highest BCUT2D eigenvalue weighted by molar-refractivity contribution is 7.26. The number of hydrogen-bond donors (Lipinski definition) is 0. The zero-order valence-electron chi connectivity index (χ0n) is 31.3. The fourth-order valence-corrected chi connectivity index (χ4v) is 11.1. The summed E-state index contributed by atoms with van der Waals surface area (Å²) in [6.07, 6.45) is 0. The Kier molecular flexibility index (Phi) is 7.62. The minimum atomic E-state index is 1.12. The molecule has 0 saturated heterocycles. The summed E-state index contributed by atoms with van der Waals surface area (Å²) in [6, 6.07) is 75.7. The highest BCUT2D eigenvalue weighted by atomic mass is 32.1. The van der Waals surface area contributed by atoms with Crippen molar-refractivity contribution in [3.05, 3.63) is 206 Å². The number of aromatic nitrogens is 1. The predicted molar refractivity (Wildman–Crippen MR) is 252 cm³/mol. The van der Waals surface area contributed by atoms with Gasteiger partial charge in [-0.05, 0) is 95.6 Å². The van der Waals surface area contributed by atoms with Gasteiger partial charge >= 0.3 is 0 Å². The first kappa shape index (κ1) is 33.2. The maximum atomic E-state index is 2.42. The Bertz CT molecular complexity index is 3480. The number of rotatable bonds is 6. The second-order valence-corrected chi connectivity index (χ2v) is 17.1. The summed E-state index contributed by atoms with van der Waals surface area (Å²) < 4.78 is 7.65. The van der Waals surface area contributed by atoms with E-state index in [-0.39, 0.29) is 0 Å². The lowest BCUT2D eigenvalue weighted by Gasteiger charge is -2.26. The first-order valence-corrected chi connectivity index (χ1v) is 21.3. The number of hydrogen-bond acceptors (Lipinski definition) is 3. The van der Waals surface area contributed by atoms with E-state index < -0.39 is 0 Å². The molecule has 0 radical (unpaired) electrons. The molecule has 0 bridgehead atoms. The molecule has 0 saturated carbocycles. The molecule has 0 aliphatic rings. The summed E-state index contributed by atoms with van der Waals surface area (Å²) >= 11 is 3.72. The third kappa shape index (κ3) is 5.30. The second-order valence-electron chi connectivity index (χ2n) is 14.9. The van der Waals surface area contributed by atoms with Gasteiger partial charge in [-0.1, -0.05) is 127 Å². The van der Waals surface area contributed by atoms with Crippen LogP contribution in [0.4, 0.5) is 17.1 Å². The lowest BCUT2D eigenvalue weighted by atomic mass is 9.97. The molecule has 272 valence electrons. The van der Waals surface area contributed by atoms with E-state index in [0.717, 1.165) is 17.1 Å². The topological polar surface area (TPSA) is 8.17 Å². The van der Waals surface area contributed by atoms with Gasteiger partial charge in [-0.15, -0.1) is 22.7 Å². The van der Waals surface area contributed by atoms with Gasteiger partial charge in [-0.2, -0.15) is 0 Å². The van der Waals surface area contributed by atoms with Crippen LogP contribution in [0.1, 0.15) is 0 Å². The summed E-state index contributed by atoms with van der Waals surface area (Å²) in [5.74, 6) is 0. The third-order valence-electron chi connectivity index (χ3n) is 11.6. The second kappa shape index (κ2) is 13.3. The van der Waals surface area contributed by atoms with E-state index in [4.69, 9.17) is 0 Å². The molecule has 3 aromatic heterocycles. The number of fused-ring (bicyclic) bond motifs is 9. The Labute approximate surface area is 343 Å². The van der Waals surface area contributed by atoms with Crippen molar-refractivity contribution in [3.8, 4) is 27.9 Å². The Hall–Kier alpha value is -6.98. The van der Waals surface area contributed by atoms with E-state index in [1.54, 1.807) is 0 Å². The number of benzene rings is 9. The number of anilines is 3. The van der Waals surface area contributed by atoms with Crippen molar-refractivity contribution in [2.75, 3.05) is 4.90 Å². The molecule has 0 N–H and O–H groups in total. The van der Waals surface area contributed by atoms with Gasteiger partial charge in [0.2, 0.25) is 0 Å². The summed E-state index contributed by atoms with van der Waals surface area (Å²) in [4.78, 5) is 2.41. The maximum absolute atomic E-state index is 2.42. The van der Waals surface area contributed by atoms with E-state index >= 15 is 0 Å². The summed E-state index contributed by atoms with van der Waals surface area (Å²) in [5.41, 5.74) is 11.8. The van der Waals surface area contributed by atoms with Crippen molar-refractivity contribution < 1.29 is 0 Å². The molecule has 4 heteroatoms. The molecule has 0 atom stereocenters. The largest absolute Gasteiger partial charge is 0.310 e. The normalized spacial score (nSPS) is 11.8. The van der Waals surface area contributed by atoms with Gasteiger partial charge in [0, 0.05) is 73.7 Å². The molecule has 0 unspecified atom stereocenters. The summed E-state index contributed by atoms with van der Waals surface area (Å²) in [6.45, 7) is 0. The van der Waals surface area contributed by atoms with Crippen LogP contribution in [0.3, 0.4) is 0 Å². The highest BCUT2D eigenvalue weighted by Gasteiger charge is 2.18. The van der Waals surface area contributed by atoms with Crippen LogP contribution < -0.4 is 4.90 Å². The first-order chi connectivity index (χ1) is 28.7. The van der Waals surface area contributed by atoms with Gasteiger partial charge < -0.3 is 9.47 Å². The van der Waals surface area contributed by atoms with E-state index in [2.05, 4.69) is 216 Å². The highest BCUT2D eigenvalue weighted by Crippen LogP contribution is 2.44. The smallest absolute Gasteiger partial charge is 0.0541 e. The molecule has 0 aliphatic carbocycles. The minimum absolute atomic E-state index is 1.12. The number of nitrogens with zero attached hydrogens (tertiary/aromatic N) is 2. The molecule has 0 spiro atoms. The summed E-state index contributed by atoms with van der Waals surface area (Å²) in [7, 11) is 0. The summed E-state index contributed by atoms with van der Waals surface area (Å²) in [5, 5.41) is 7.75. The quantitative estimate of drug-likeness (QED) is 0.163. The van der Waals surface area contributed by atoms with Crippen LogP contribution in [0.5, 0.6) is 0 Å². The van der Waals surface area contributed by atoms with E-state index in [9.17, 15) is 0 Å². The molecule has 58 heavy (non-hydrogen) atoms. The predicted octanol–water partition coefficient (Wildman–Crippen LogP) is 16.3. The van der Waals surface area contributed by atoms with Crippen molar-refractivity contribution in [2.45, 2.75) is 0 Å². The zero-order chi connectivity index (χ0) is 38.2. The Morgan fingerprint density at radius 2 is 0.845 bits per heavy atom. The Morgan fingerprint density at radius 1 is 0.310 bits per heavy atom. The van der Waals surface area contributed by atoms with E-state index in [1.807, 2.05) is 22.7 Å². The average Bonchev–Trinajstić information content (AvgIpc) is 3.96. The average molecular weight is 775 g/mol. The molecule has 2 nitrogen and oxygen atoms in total. The van der Waals surface area contributed by atoms with Crippen LogP contribution in [-0.2, 0) is 0 Å². The van der Waals surface area contributed by atoms with Gasteiger partial charge in [0.1, 0.15) is 0 Å². The molecule has 0 fully saturated rings. The maximum Gasteiger partial charge on any atom is 0.0541 e. The molecule has 12 rings (SSSR count).